The highest BCUT2D eigenvalue weighted by atomic mass is 16.2. The smallest absolute Gasteiger partial charge is 0.254 e. The molecule has 3 N–H and O–H groups in total. The molecular weight excluding hydrogens is 370 g/mol. The number of carbonyl (C=O) groups is 2. The van der Waals surface area contributed by atoms with Crippen LogP contribution in [0.2, 0.25) is 0 Å². The van der Waals surface area contributed by atoms with Crippen LogP contribution in [0.15, 0.2) is 53.6 Å². The summed E-state index contributed by atoms with van der Waals surface area (Å²) in [7, 11) is 0. The number of pyridine rings is 1. The van der Waals surface area contributed by atoms with E-state index in [0.717, 1.165) is 5.56 Å². The average Bonchev–Trinajstić information content (AvgIpc) is 2.67. The van der Waals surface area contributed by atoms with E-state index in [-0.39, 0.29) is 30.2 Å². The molecule has 3 rings (SSSR count). The first-order valence-corrected chi connectivity index (χ1v) is 9.10. The fraction of sp³-hybridized carbons (Fsp3) is 0.190. The van der Waals surface area contributed by atoms with Crippen LogP contribution in [0.3, 0.4) is 0 Å². The maximum absolute atomic E-state index is 12.5. The van der Waals surface area contributed by atoms with E-state index >= 15 is 0 Å². The number of benzene rings is 1. The van der Waals surface area contributed by atoms with Gasteiger partial charge in [0.05, 0.1) is 0 Å². The van der Waals surface area contributed by atoms with Gasteiger partial charge < -0.3 is 15.6 Å². The number of H-pyrrole nitrogens is 1. The van der Waals surface area contributed by atoms with Crippen molar-refractivity contribution in [3.8, 4) is 11.4 Å². The predicted molar refractivity (Wildman–Crippen MR) is 111 cm³/mol. The van der Waals surface area contributed by atoms with Crippen LogP contribution in [0.5, 0.6) is 0 Å². The molecule has 2 heterocycles. The van der Waals surface area contributed by atoms with Gasteiger partial charge in [0.2, 0.25) is 11.8 Å². The van der Waals surface area contributed by atoms with Gasteiger partial charge in [-0.25, -0.2) is 4.98 Å². The van der Waals surface area contributed by atoms with E-state index in [1.165, 1.54) is 6.92 Å². The van der Waals surface area contributed by atoms with Crippen molar-refractivity contribution in [3.63, 3.8) is 0 Å². The molecule has 148 valence electrons. The summed E-state index contributed by atoms with van der Waals surface area (Å²) in [5.74, 6) is 0.0470. The zero-order valence-electron chi connectivity index (χ0n) is 16.2. The van der Waals surface area contributed by atoms with E-state index in [2.05, 4.69) is 25.6 Å². The molecule has 0 aliphatic carbocycles. The van der Waals surface area contributed by atoms with Crippen molar-refractivity contribution < 1.29 is 9.59 Å². The number of aromatic nitrogens is 3. The minimum Gasteiger partial charge on any atom is -0.326 e. The van der Waals surface area contributed by atoms with Crippen LogP contribution in [0, 0.1) is 6.92 Å². The zero-order valence-corrected chi connectivity index (χ0v) is 16.2. The molecule has 2 aromatic heterocycles. The Morgan fingerprint density at radius 1 is 1.07 bits per heavy atom. The van der Waals surface area contributed by atoms with Crippen LogP contribution in [0.1, 0.15) is 24.6 Å². The summed E-state index contributed by atoms with van der Waals surface area (Å²) in [6, 6.07) is 10.4. The standard InChI is InChI=1S/C21H21N5O3/c1-13-18(21(29)26-20(23-13)15-8-10-22-11-9-15)6-7-19(28)25-17-5-3-4-16(12-17)24-14(2)27/h3-5,8-12H,6-7H2,1-2H3,(H,24,27)(H,25,28)(H,23,26,29). The van der Waals surface area contributed by atoms with Crippen molar-refractivity contribution in [1.82, 2.24) is 15.0 Å². The van der Waals surface area contributed by atoms with Gasteiger partial charge in [-0.3, -0.25) is 19.4 Å². The van der Waals surface area contributed by atoms with Gasteiger partial charge in [-0.2, -0.15) is 0 Å². The Morgan fingerprint density at radius 2 is 1.76 bits per heavy atom. The molecule has 0 unspecified atom stereocenters. The minimum atomic E-state index is -0.259. The molecule has 3 aromatic rings. The molecule has 0 saturated heterocycles. The maximum Gasteiger partial charge on any atom is 0.254 e. The number of anilines is 2. The number of hydrogen-bond donors (Lipinski definition) is 3. The van der Waals surface area contributed by atoms with Crippen molar-refractivity contribution in [1.29, 1.82) is 0 Å². The van der Waals surface area contributed by atoms with Crippen LogP contribution >= 0.6 is 0 Å². The van der Waals surface area contributed by atoms with Crippen LogP contribution in [-0.2, 0) is 16.0 Å². The molecule has 8 heteroatoms. The van der Waals surface area contributed by atoms with Gasteiger partial charge in [0.15, 0.2) is 0 Å². The highest BCUT2D eigenvalue weighted by Gasteiger charge is 2.12. The monoisotopic (exact) mass is 391 g/mol. The maximum atomic E-state index is 12.5. The molecule has 2 amide bonds. The lowest BCUT2D eigenvalue weighted by atomic mass is 10.1. The first-order valence-electron chi connectivity index (χ1n) is 9.10. The summed E-state index contributed by atoms with van der Waals surface area (Å²) in [5.41, 5.74) is 2.73. The molecule has 0 bridgehead atoms. The summed E-state index contributed by atoms with van der Waals surface area (Å²) in [4.78, 5) is 47.1. The van der Waals surface area contributed by atoms with Gasteiger partial charge in [0, 0.05) is 53.9 Å². The third-order valence-corrected chi connectivity index (χ3v) is 4.24. The second-order valence-electron chi connectivity index (χ2n) is 6.52. The van der Waals surface area contributed by atoms with Gasteiger partial charge in [-0.05, 0) is 43.7 Å². The lowest BCUT2D eigenvalue weighted by Crippen LogP contribution is -2.20. The number of hydrogen-bond acceptors (Lipinski definition) is 5. The van der Waals surface area contributed by atoms with Crippen molar-refractivity contribution in [2.45, 2.75) is 26.7 Å². The summed E-state index contributed by atoms with van der Waals surface area (Å²) >= 11 is 0. The van der Waals surface area contributed by atoms with Crippen molar-refractivity contribution >= 4 is 23.2 Å². The van der Waals surface area contributed by atoms with E-state index in [1.54, 1.807) is 55.7 Å². The third-order valence-electron chi connectivity index (χ3n) is 4.24. The van der Waals surface area contributed by atoms with Gasteiger partial charge in [-0.15, -0.1) is 0 Å². The lowest BCUT2D eigenvalue weighted by Gasteiger charge is -2.09. The third kappa shape index (κ3) is 5.35. The summed E-state index contributed by atoms with van der Waals surface area (Å²) in [6.07, 6.45) is 3.65. The average molecular weight is 391 g/mol. The Morgan fingerprint density at radius 3 is 2.41 bits per heavy atom. The summed E-state index contributed by atoms with van der Waals surface area (Å²) in [5, 5.41) is 5.43. The number of amides is 2. The molecule has 0 aliphatic heterocycles. The molecule has 29 heavy (non-hydrogen) atoms. The molecule has 0 spiro atoms. The molecule has 0 saturated carbocycles. The fourth-order valence-corrected chi connectivity index (χ4v) is 2.89. The van der Waals surface area contributed by atoms with E-state index < -0.39 is 0 Å². The highest BCUT2D eigenvalue weighted by Crippen LogP contribution is 2.16. The SMILES string of the molecule is CC(=O)Nc1cccc(NC(=O)CCc2c(C)nc(-c3ccncc3)[nH]c2=O)c1. The number of carbonyl (C=O) groups excluding carboxylic acids is 2. The van der Waals surface area contributed by atoms with Gasteiger partial charge in [-0.1, -0.05) is 6.07 Å². The number of aryl methyl sites for hydroxylation is 1. The molecule has 1 aromatic carbocycles. The molecule has 8 nitrogen and oxygen atoms in total. The Bertz CT molecular complexity index is 1090. The molecular formula is C21H21N5O3. The Kier molecular flexibility index (Phi) is 6.13. The molecule has 0 radical (unpaired) electrons. The number of nitrogens with one attached hydrogen (secondary N) is 3. The minimum absolute atomic E-state index is 0.130. The second-order valence-corrected chi connectivity index (χ2v) is 6.52. The first-order chi connectivity index (χ1) is 13.9. The van der Waals surface area contributed by atoms with E-state index in [4.69, 9.17) is 0 Å². The molecule has 0 aliphatic rings. The van der Waals surface area contributed by atoms with Crippen LogP contribution in [-0.4, -0.2) is 26.8 Å². The Balaban J connectivity index is 1.66. The number of rotatable bonds is 6. The fourth-order valence-electron chi connectivity index (χ4n) is 2.89. The number of aromatic amines is 1. The van der Waals surface area contributed by atoms with Crippen LogP contribution in [0.25, 0.3) is 11.4 Å². The van der Waals surface area contributed by atoms with Gasteiger partial charge in [0.1, 0.15) is 5.82 Å². The zero-order chi connectivity index (χ0) is 20.8. The normalized spacial score (nSPS) is 10.4. The van der Waals surface area contributed by atoms with Crippen molar-refractivity contribution in [2.24, 2.45) is 0 Å². The Hall–Kier alpha value is -3.81. The topological polar surface area (TPSA) is 117 Å². The van der Waals surface area contributed by atoms with Crippen LogP contribution in [0.4, 0.5) is 11.4 Å². The van der Waals surface area contributed by atoms with Gasteiger partial charge in [0.25, 0.3) is 5.56 Å². The molecule has 0 fully saturated rings. The van der Waals surface area contributed by atoms with E-state index in [9.17, 15) is 14.4 Å². The lowest BCUT2D eigenvalue weighted by molar-refractivity contribution is -0.116. The Labute approximate surface area is 167 Å². The first kappa shape index (κ1) is 19.9. The van der Waals surface area contributed by atoms with Gasteiger partial charge >= 0.3 is 0 Å². The quantitative estimate of drug-likeness (QED) is 0.597. The number of nitrogens with zero attached hydrogens (tertiary/aromatic N) is 2. The van der Waals surface area contributed by atoms with Crippen LogP contribution < -0.4 is 16.2 Å². The highest BCUT2D eigenvalue weighted by molar-refractivity contribution is 5.93. The molecule has 0 atom stereocenters. The summed E-state index contributed by atoms with van der Waals surface area (Å²) in [6.45, 7) is 3.17. The predicted octanol–water partition coefficient (Wildman–Crippen LogP) is 2.67. The van der Waals surface area contributed by atoms with E-state index in [0.29, 0.717) is 28.5 Å². The van der Waals surface area contributed by atoms with E-state index in [1.807, 2.05) is 0 Å². The summed E-state index contributed by atoms with van der Waals surface area (Å²) < 4.78 is 0. The van der Waals surface area contributed by atoms with Crippen molar-refractivity contribution in [3.05, 3.63) is 70.4 Å². The second kappa shape index (κ2) is 8.92. The van der Waals surface area contributed by atoms with Crippen molar-refractivity contribution in [2.75, 3.05) is 10.6 Å². The largest absolute Gasteiger partial charge is 0.326 e.